The summed E-state index contributed by atoms with van der Waals surface area (Å²) in [6, 6.07) is 7.84. The summed E-state index contributed by atoms with van der Waals surface area (Å²) in [7, 11) is -5.10. The number of ether oxygens (including phenoxy) is 1. The average Bonchev–Trinajstić information content (AvgIpc) is 3.40. The van der Waals surface area contributed by atoms with Gasteiger partial charge < -0.3 is 14.2 Å². The quantitative estimate of drug-likeness (QED) is 0.221. The van der Waals surface area contributed by atoms with E-state index in [1.807, 2.05) is 48.1 Å². The van der Waals surface area contributed by atoms with Crippen molar-refractivity contribution in [3.8, 4) is 0 Å². The topological polar surface area (TPSA) is 157 Å². The second-order valence-electron chi connectivity index (χ2n) is 13.4. The molecule has 16 heteroatoms. The van der Waals surface area contributed by atoms with Gasteiger partial charge in [-0.2, -0.15) is 23.3 Å². The fourth-order valence-corrected chi connectivity index (χ4v) is 5.84. The third kappa shape index (κ3) is 7.42. The van der Waals surface area contributed by atoms with Crippen molar-refractivity contribution in [2.75, 3.05) is 13.1 Å². The minimum atomic E-state index is -4.38. The molecule has 2 N–H and O–H groups in total. The Morgan fingerprint density at radius 3 is 2.41 bits per heavy atom. The van der Waals surface area contributed by atoms with Gasteiger partial charge >= 0.3 is 22.3 Å². The number of aromatic nitrogens is 2. The van der Waals surface area contributed by atoms with Crippen LogP contribution in [0.15, 0.2) is 41.7 Å². The van der Waals surface area contributed by atoms with Gasteiger partial charge in [0.25, 0.3) is 8.32 Å². The molecule has 2 atom stereocenters. The number of oxime groups is 1. The minimum Gasteiger partial charge on any atom is -0.455 e. The van der Waals surface area contributed by atoms with Gasteiger partial charge in [0.15, 0.2) is 0 Å². The van der Waals surface area contributed by atoms with E-state index in [1.54, 1.807) is 43.6 Å². The molecular weight excluding hydrogens is 607 g/mol. The molecule has 0 aliphatic carbocycles. The third-order valence-electron chi connectivity index (χ3n) is 7.82. The summed E-state index contributed by atoms with van der Waals surface area (Å²) in [5, 5.41) is 10.1. The monoisotopic (exact) mass is 649 g/mol. The van der Waals surface area contributed by atoms with Crippen LogP contribution in [0.25, 0.3) is 0 Å². The maximum atomic E-state index is 13.8. The van der Waals surface area contributed by atoms with Gasteiger partial charge in [0.05, 0.1) is 30.7 Å². The van der Waals surface area contributed by atoms with E-state index in [2.05, 4.69) is 35.7 Å². The highest BCUT2D eigenvalue weighted by Crippen LogP contribution is 2.45. The van der Waals surface area contributed by atoms with E-state index < -0.39 is 48.3 Å². The Hall–Kier alpha value is -3.47. The molecule has 242 valence electrons. The van der Waals surface area contributed by atoms with Crippen molar-refractivity contribution >= 4 is 36.4 Å². The van der Waals surface area contributed by atoms with Crippen LogP contribution in [0.1, 0.15) is 70.4 Å². The number of fused-ring (bicyclic) bond motifs is 4. The number of hydroxylamine groups is 2. The number of hydrogen-bond donors (Lipinski definition) is 2. The molecule has 2 bridgehead atoms. The molecule has 44 heavy (non-hydrogen) atoms. The highest BCUT2D eigenvalue weighted by atomic mass is 32.2. The molecule has 2 aliphatic heterocycles. The second kappa shape index (κ2) is 12.1. The normalized spacial score (nSPS) is 19.2. The van der Waals surface area contributed by atoms with Crippen molar-refractivity contribution in [2.45, 2.75) is 84.0 Å². The molecule has 3 heterocycles. The van der Waals surface area contributed by atoms with Gasteiger partial charge in [-0.15, -0.1) is 5.16 Å². The Balaban J connectivity index is 1.67. The van der Waals surface area contributed by atoms with E-state index in [0.29, 0.717) is 5.69 Å². The van der Waals surface area contributed by atoms with Crippen LogP contribution < -0.4 is 9.44 Å². The summed E-state index contributed by atoms with van der Waals surface area (Å²) in [5.41, 5.74) is 1.62. The fraction of sp³-hybridized carbons (Fsp3) is 0.571. The van der Waals surface area contributed by atoms with Crippen molar-refractivity contribution in [3.63, 3.8) is 0 Å². The number of benzene rings is 1. The SMILES string of the molecule is Cn1ncc2c1[C@@H](/C(CNS(=O)(=O)NC(=O)OC(C)(C)C)=N/O[Si](C)(C)C(C)(C)C)N1C[C@@H]2N(OCc2ccccc2)C1=O. The summed E-state index contributed by atoms with van der Waals surface area (Å²) in [5.74, 6) is 0. The van der Waals surface area contributed by atoms with Crippen molar-refractivity contribution in [1.82, 2.24) is 29.2 Å². The first-order valence-electron chi connectivity index (χ1n) is 14.3. The molecular formula is C28H43N7O7SSi. The predicted octanol–water partition coefficient (Wildman–Crippen LogP) is 4.12. The average molecular weight is 650 g/mol. The third-order valence-corrected chi connectivity index (χ3v) is 12.9. The van der Waals surface area contributed by atoms with Crippen molar-refractivity contribution < 1.29 is 32.1 Å². The summed E-state index contributed by atoms with van der Waals surface area (Å²) >= 11 is 0. The fourth-order valence-electron chi connectivity index (χ4n) is 4.55. The molecule has 0 radical (unpaired) electrons. The van der Waals surface area contributed by atoms with E-state index in [1.165, 1.54) is 5.06 Å². The van der Waals surface area contributed by atoms with Gasteiger partial charge in [-0.25, -0.2) is 14.3 Å². The van der Waals surface area contributed by atoms with Gasteiger partial charge in [-0.3, -0.25) is 9.52 Å². The smallest absolute Gasteiger partial charge is 0.422 e. The second-order valence-corrected chi connectivity index (χ2v) is 19.6. The standard InChI is InChI=1S/C28H43N7O7SSi/c1-27(2,3)41-25(36)32-43(38,39)30-16-21(31-42-44(8,9)28(4,5)6)24-23-20(15-29-33(23)7)22-17-34(24)26(37)35(22)40-18-19-13-11-10-12-14-19/h10-15,22,24,30H,16-18H2,1-9H3,(H,32,36)/b31-21+/t22-,24+/m0/s1. The summed E-state index contributed by atoms with van der Waals surface area (Å²) in [6.45, 7) is 15.1. The molecule has 3 amide bonds. The Morgan fingerprint density at radius 1 is 1.14 bits per heavy atom. The molecule has 1 saturated heterocycles. The first-order chi connectivity index (χ1) is 20.3. The summed E-state index contributed by atoms with van der Waals surface area (Å²) in [6.07, 6.45) is 0.555. The van der Waals surface area contributed by atoms with Crippen molar-refractivity contribution in [3.05, 3.63) is 53.3 Å². The minimum absolute atomic E-state index is 0.183. The Bertz CT molecular complexity index is 1510. The lowest BCUT2D eigenvalue weighted by Gasteiger charge is -2.35. The molecule has 1 aromatic heterocycles. The molecule has 0 spiro atoms. The molecule has 2 aromatic rings. The van der Waals surface area contributed by atoms with E-state index in [9.17, 15) is 18.0 Å². The van der Waals surface area contributed by atoms with Crippen LogP contribution in [-0.2, 0) is 38.0 Å². The van der Waals surface area contributed by atoms with Gasteiger partial charge in [0.1, 0.15) is 24.3 Å². The van der Waals surface area contributed by atoms with Crippen LogP contribution in [0.3, 0.4) is 0 Å². The maximum absolute atomic E-state index is 13.8. The van der Waals surface area contributed by atoms with Crippen LogP contribution in [0.5, 0.6) is 0 Å². The highest BCUT2D eigenvalue weighted by molar-refractivity contribution is 7.88. The molecule has 2 aliphatic rings. The highest BCUT2D eigenvalue weighted by Gasteiger charge is 2.52. The van der Waals surface area contributed by atoms with Crippen LogP contribution in [0.2, 0.25) is 18.1 Å². The Morgan fingerprint density at radius 2 is 1.80 bits per heavy atom. The number of hydrogen-bond acceptors (Lipinski definition) is 9. The summed E-state index contributed by atoms with van der Waals surface area (Å²) < 4.78 is 43.0. The van der Waals surface area contributed by atoms with Crippen LogP contribution in [-0.4, -0.2) is 73.0 Å². The lowest BCUT2D eigenvalue weighted by atomic mass is 9.95. The van der Waals surface area contributed by atoms with Crippen LogP contribution >= 0.6 is 0 Å². The molecule has 0 saturated carbocycles. The van der Waals surface area contributed by atoms with Gasteiger partial charge in [0.2, 0.25) is 0 Å². The largest absolute Gasteiger partial charge is 0.455 e. The van der Waals surface area contributed by atoms with E-state index in [4.69, 9.17) is 14.1 Å². The van der Waals surface area contributed by atoms with E-state index in [-0.39, 0.29) is 30.4 Å². The van der Waals surface area contributed by atoms with E-state index in [0.717, 1.165) is 11.1 Å². The number of urea groups is 1. The van der Waals surface area contributed by atoms with Gasteiger partial charge in [-0.1, -0.05) is 51.1 Å². The van der Waals surface area contributed by atoms with Crippen LogP contribution in [0.4, 0.5) is 9.59 Å². The molecule has 1 aromatic carbocycles. The number of carbonyl (C=O) groups is 2. The Labute approximate surface area is 260 Å². The van der Waals surface area contributed by atoms with Gasteiger partial charge in [0, 0.05) is 12.6 Å². The number of aryl methyl sites for hydroxylation is 1. The lowest BCUT2D eigenvalue weighted by Crippen LogP contribution is -2.48. The first kappa shape index (κ1) is 33.4. The van der Waals surface area contributed by atoms with Crippen molar-refractivity contribution in [2.24, 2.45) is 12.2 Å². The maximum Gasteiger partial charge on any atom is 0.422 e. The molecule has 14 nitrogen and oxygen atoms in total. The van der Waals surface area contributed by atoms with Gasteiger partial charge in [-0.05, 0) is 44.5 Å². The number of carbonyl (C=O) groups excluding carboxylic acids is 2. The molecule has 4 rings (SSSR count). The first-order valence-corrected chi connectivity index (χ1v) is 18.7. The Kier molecular flexibility index (Phi) is 9.22. The zero-order valence-electron chi connectivity index (χ0n) is 26.7. The summed E-state index contributed by atoms with van der Waals surface area (Å²) in [4.78, 5) is 33.7. The molecule has 0 unspecified atom stereocenters. The zero-order chi connectivity index (χ0) is 32.7. The predicted molar refractivity (Wildman–Crippen MR) is 166 cm³/mol. The van der Waals surface area contributed by atoms with Crippen molar-refractivity contribution in [1.29, 1.82) is 0 Å². The van der Waals surface area contributed by atoms with Crippen LogP contribution in [0, 0.1) is 0 Å². The van der Waals surface area contributed by atoms with E-state index >= 15 is 0 Å². The lowest BCUT2D eigenvalue weighted by molar-refractivity contribution is -0.141. The molecule has 1 fully saturated rings. The number of rotatable bonds is 10. The number of nitrogens with zero attached hydrogens (tertiary/aromatic N) is 5. The number of amides is 3. The number of nitrogens with one attached hydrogen (secondary N) is 2. The zero-order valence-corrected chi connectivity index (χ0v) is 28.6.